The van der Waals surface area contributed by atoms with Crippen molar-refractivity contribution in [1.29, 1.82) is 5.26 Å². The standard InChI is InChI=1S/C24H24N2O3S/c1-17-10-11-23(29-2)21(14-17)22-16-26(15-19(22)12-13-25)30(27,28)24-9-5-7-18-6-3-4-8-20(18)24/h3-11,14,19,22H,12,15-16H2,1-2H3/t19-,22+/m0/s1. The van der Waals surface area contributed by atoms with Gasteiger partial charge in [0.05, 0.1) is 18.1 Å². The third-order valence-corrected chi connectivity index (χ3v) is 7.80. The molecule has 1 fully saturated rings. The summed E-state index contributed by atoms with van der Waals surface area (Å²) >= 11 is 0. The number of aryl methyl sites for hydroxylation is 1. The van der Waals surface area contributed by atoms with Crippen molar-refractivity contribution in [3.63, 3.8) is 0 Å². The highest BCUT2D eigenvalue weighted by molar-refractivity contribution is 7.89. The third-order valence-electron chi connectivity index (χ3n) is 5.91. The van der Waals surface area contributed by atoms with Crippen molar-refractivity contribution in [3.8, 4) is 11.8 Å². The lowest BCUT2D eigenvalue weighted by molar-refractivity contribution is 0.399. The third kappa shape index (κ3) is 3.55. The van der Waals surface area contributed by atoms with E-state index in [-0.39, 0.29) is 11.8 Å². The maximum absolute atomic E-state index is 13.6. The molecule has 0 bridgehead atoms. The first-order chi connectivity index (χ1) is 14.5. The van der Waals surface area contributed by atoms with Gasteiger partial charge < -0.3 is 4.74 Å². The maximum Gasteiger partial charge on any atom is 0.243 e. The Morgan fingerprint density at radius 3 is 2.63 bits per heavy atom. The summed E-state index contributed by atoms with van der Waals surface area (Å²) in [6.07, 6.45) is 0.295. The Kier molecular flexibility index (Phi) is 5.50. The van der Waals surface area contributed by atoms with Gasteiger partial charge >= 0.3 is 0 Å². The van der Waals surface area contributed by atoms with Crippen LogP contribution in [0.3, 0.4) is 0 Å². The maximum atomic E-state index is 13.6. The molecule has 5 nitrogen and oxygen atoms in total. The summed E-state index contributed by atoms with van der Waals surface area (Å²) in [6.45, 7) is 2.65. The molecule has 0 unspecified atom stereocenters. The van der Waals surface area contributed by atoms with Crippen LogP contribution in [0.1, 0.15) is 23.5 Å². The summed E-state index contributed by atoms with van der Waals surface area (Å²) in [6, 6.07) is 21.0. The Hall–Kier alpha value is -2.88. The molecular formula is C24H24N2O3S. The first-order valence-corrected chi connectivity index (χ1v) is 11.4. The fourth-order valence-electron chi connectivity index (χ4n) is 4.41. The van der Waals surface area contributed by atoms with Gasteiger partial charge in [-0.3, -0.25) is 0 Å². The number of benzene rings is 3. The van der Waals surface area contributed by atoms with Crippen LogP contribution in [0.15, 0.2) is 65.6 Å². The zero-order valence-corrected chi connectivity index (χ0v) is 17.9. The van der Waals surface area contributed by atoms with E-state index in [1.54, 1.807) is 19.2 Å². The van der Waals surface area contributed by atoms with Gasteiger partial charge in [-0.2, -0.15) is 9.57 Å². The number of hydrogen-bond donors (Lipinski definition) is 0. The largest absolute Gasteiger partial charge is 0.496 e. The Morgan fingerprint density at radius 1 is 1.10 bits per heavy atom. The Bertz CT molecular complexity index is 1230. The van der Waals surface area contributed by atoms with Crippen molar-refractivity contribution in [2.75, 3.05) is 20.2 Å². The minimum Gasteiger partial charge on any atom is -0.496 e. The van der Waals surface area contributed by atoms with Crippen LogP contribution in [-0.4, -0.2) is 32.9 Å². The monoisotopic (exact) mass is 420 g/mol. The second-order valence-corrected chi connectivity index (χ2v) is 9.68. The van der Waals surface area contributed by atoms with Crippen molar-refractivity contribution in [1.82, 2.24) is 4.31 Å². The minimum atomic E-state index is -3.70. The first kappa shape index (κ1) is 20.4. The average molecular weight is 421 g/mol. The van der Waals surface area contributed by atoms with Crippen molar-refractivity contribution >= 4 is 20.8 Å². The molecule has 0 N–H and O–H groups in total. The number of nitrogens with zero attached hydrogens (tertiary/aromatic N) is 2. The number of fused-ring (bicyclic) bond motifs is 1. The number of rotatable bonds is 5. The molecule has 1 aliphatic rings. The van der Waals surface area contributed by atoms with E-state index in [1.165, 1.54) is 4.31 Å². The van der Waals surface area contributed by atoms with Crippen molar-refractivity contribution < 1.29 is 13.2 Å². The molecular weight excluding hydrogens is 396 g/mol. The predicted octanol–water partition coefficient (Wildman–Crippen LogP) is 4.47. The van der Waals surface area contributed by atoms with Crippen LogP contribution in [0, 0.1) is 24.2 Å². The van der Waals surface area contributed by atoms with Gasteiger partial charge in [0, 0.05) is 30.8 Å². The summed E-state index contributed by atoms with van der Waals surface area (Å²) < 4.78 is 34.3. The second-order valence-electron chi connectivity index (χ2n) is 7.77. The van der Waals surface area contributed by atoms with Gasteiger partial charge in [-0.05, 0) is 35.9 Å². The number of nitriles is 1. The molecule has 0 saturated carbocycles. The Balaban J connectivity index is 1.76. The Labute approximate surface area is 177 Å². The van der Waals surface area contributed by atoms with E-state index in [4.69, 9.17) is 4.74 Å². The van der Waals surface area contributed by atoms with Crippen molar-refractivity contribution in [3.05, 3.63) is 71.8 Å². The highest BCUT2D eigenvalue weighted by Crippen LogP contribution is 2.41. The molecule has 1 saturated heterocycles. The van der Waals surface area contributed by atoms with Crippen LogP contribution in [-0.2, 0) is 10.0 Å². The number of ether oxygens (including phenoxy) is 1. The number of methoxy groups -OCH3 is 1. The van der Waals surface area contributed by atoms with Gasteiger partial charge in [-0.1, -0.05) is 54.1 Å². The normalized spacial score (nSPS) is 19.6. The van der Waals surface area contributed by atoms with Crippen LogP contribution in [0.25, 0.3) is 10.8 Å². The van der Waals surface area contributed by atoms with Gasteiger partial charge in [-0.15, -0.1) is 0 Å². The molecule has 0 radical (unpaired) electrons. The lowest BCUT2D eigenvalue weighted by Crippen LogP contribution is -2.29. The number of sulfonamides is 1. The summed E-state index contributed by atoms with van der Waals surface area (Å²) in [4.78, 5) is 0.313. The van der Waals surface area contributed by atoms with E-state index in [9.17, 15) is 13.7 Å². The van der Waals surface area contributed by atoms with Crippen LogP contribution >= 0.6 is 0 Å². The lowest BCUT2D eigenvalue weighted by Gasteiger charge is -2.20. The molecule has 30 heavy (non-hydrogen) atoms. The highest BCUT2D eigenvalue weighted by atomic mass is 32.2. The van der Waals surface area contributed by atoms with Gasteiger partial charge in [0.2, 0.25) is 10.0 Å². The molecule has 0 spiro atoms. The average Bonchev–Trinajstić information content (AvgIpc) is 3.18. The van der Waals surface area contributed by atoms with Gasteiger partial charge in [0.1, 0.15) is 5.75 Å². The molecule has 3 aromatic carbocycles. The predicted molar refractivity (Wildman–Crippen MR) is 117 cm³/mol. The van der Waals surface area contributed by atoms with Gasteiger partial charge in [0.15, 0.2) is 0 Å². The van der Waals surface area contributed by atoms with Crippen molar-refractivity contribution in [2.45, 2.75) is 24.2 Å². The zero-order chi connectivity index (χ0) is 21.3. The van der Waals surface area contributed by atoms with E-state index in [1.807, 2.05) is 55.5 Å². The van der Waals surface area contributed by atoms with E-state index < -0.39 is 10.0 Å². The topological polar surface area (TPSA) is 70.4 Å². The van der Waals surface area contributed by atoms with Gasteiger partial charge in [-0.25, -0.2) is 8.42 Å². The fraction of sp³-hybridized carbons (Fsp3) is 0.292. The molecule has 3 aromatic rings. The smallest absolute Gasteiger partial charge is 0.243 e. The molecule has 1 aliphatic heterocycles. The zero-order valence-electron chi connectivity index (χ0n) is 17.1. The summed E-state index contributed by atoms with van der Waals surface area (Å²) in [5.41, 5.74) is 2.05. The van der Waals surface area contributed by atoms with Crippen LogP contribution in [0.2, 0.25) is 0 Å². The highest BCUT2D eigenvalue weighted by Gasteiger charge is 2.41. The molecule has 6 heteroatoms. The molecule has 2 atom stereocenters. The van der Waals surface area contributed by atoms with Crippen LogP contribution < -0.4 is 4.74 Å². The van der Waals surface area contributed by atoms with E-state index >= 15 is 0 Å². The SMILES string of the molecule is COc1ccc(C)cc1[C@@H]1CN(S(=O)(=O)c2cccc3ccccc23)C[C@@H]1CC#N. The van der Waals surface area contributed by atoms with Crippen LogP contribution in [0.4, 0.5) is 0 Å². The van der Waals surface area contributed by atoms with E-state index in [0.29, 0.717) is 29.8 Å². The summed E-state index contributed by atoms with van der Waals surface area (Å²) in [5, 5.41) is 11.0. The molecule has 0 aromatic heterocycles. The van der Waals surface area contributed by atoms with E-state index in [2.05, 4.69) is 6.07 Å². The Morgan fingerprint density at radius 2 is 1.87 bits per heavy atom. The second kappa shape index (κ2) is 8.10. The molecule has 154 valence electrons. The molecule has 0 aliphatic carbocycles. The number of hydrogen-bond acceptors (Lipinski definition) is 4. The van der Waals surface area contributed by atoms with Crippen molar-refractivity contribution in [2.24, 2.45) is 5.92 Å². The first-order valence-electron chi connectivity index (χ1n) is 9.95. The molecule has 4 rings (SSSR count). The summed E-state index contributed by atoms with van der Waals surface area (Å²) in [5.74, 6) is 0.553. The lowest BCUT2D eigenvalue weighted by atomic mass is 9.86. The minimum absolute atomic E-state index is 0.0875. The van der Waals surface area contributed by atoms with E-state index in [0.717, 1.165) is 22.3 Å². The summed E-state index contributed by atoms with van der Waals surface area (Å²) in [7, 11) is -2.09. The fourth-order valence-corrected chi connectivity index (χ4v) is 6.14. The van der Waals surface area contributed by atoms with Gasteiger partial charge in [0.25, 0.3) is 0 Å². The molecule has 0 amide bonds. The molecule has 1 heterocycles. The van der Waals surface area contributed by atoms with Crippen LogP contribution in [0.5, 0.6) is 5.75 Å². The quantitative estimate of drug-likeness (QED) is 0.610.